The Morgan fingerprint density at radius 3 is 3.14 bits per heavy atom. The van der Waals surface area contributed by atoms with E-state index in [9.17, 15) is 0 Å². The lowest BCUT2D eigenvalue weighted by atomic mass is 10.2. The van der Waals surface area contributed by atoms with E-state index in [0.717, 1.165) is 25.4 Å². The minimum Gasteiger partial charge on any atom is -0.342 e. The van der Waals surface area contributed by atoms with Gasteiger partial charge in [0.25, 0.3) is 5.95 Å². The summed E-state index contributed by atoms with van der Waals surface area (Å²) in [6.07, 6.45) is 2.28. The van der Waals surface area contributed by atoms with Crippen LogP contribution in [0.4, 0.5) is 5.95 Å². The highest BCUT2D eigenvalue weighted by molar-refractivity contribution is 5.25. The van der Waals surface area contributed by atoms with Crippen molar-refractivity contribution in [2.24, 2.45) is 0 Å². The Labute approximate surface area is 83.5 Å². The summed E-state index contributed by atoms with van der Waals surface area (Å²) in [6.45, 7) is 3.99. The van der Waals surface area contributed by atoms with Crippen LogP contribution in [0.3, 0.4) is 0 Å². The Kier molecular flexibility index (Phi) is 2.67. The van der Waals surface area contributed by atoms with Crippen LogP contribution in [-0.2, 0) is 0 Å². The van der Waals surface area contributed by atoms with Gasteiger partial charge in [0.1, 0.15) is 0 Å². The molecule has 1 N–H and O–H groups in total. The third-order valence-corrected chi connectivity index (χ3v) is 2.61. The summed E-state index contributed by atoms with van der Waals surface area (Å²) < 4.78 is 5.21. The Morgan fingerprint density at radius 2 is 2.50 bits per heavy atom. The van der Waals surface area contributed by atoms with E-state index in [1.54, 1.807) is 0 Å². The Morgan fingerprint density at radius 1 is 1.64 bits per heavy atom. The van der Waals surface area contributed by atoms with Crippen molar-refractivity contribution in [3.8, 4) is 0 Å². The maximum absolute atomic E-state index is 5.21. The molecule has 1 atom stereocenters. The molecule has 14 heavy (non-hydrogen) atoms. The summed E-state index contributed by atoms with van der Waals surface area (Å²) in [5.74, 6) is 1.40. The molecule has 2 heterocycles. The predicted octanol–water partition coefficient (Wildman–Crippen LogP) is 0.950. The number of nitrogens with zero attached hydrogens (tertiary/aromatic N) is 3. The van der Waals surface area contributed by atoms with Gasteiger partial charge >= 0.3 is 0 Å². The Balaban J connectivity index is 2.08. The molecular formula is C9H16N4O. The quantitative estimate of drug-likeness (QED) is 0.780. The maximum Gasteiger partial charge on any atom is 0.265 e. The first-order chi connectivity index (χ1) is 6.81. The van der Waals surface area contributed by atoms with Crippen LogP contribution in [0.5, 0.6) is 0 Å². The fourth-order valence-corrected chi connectivity index (χ4v) is 1.56. The van der Waals surface area contributed by atoms with Gasteiger partial charge in [-0.3, -0.25) is 0 Å². The van der Waals surface area contributed by atoms with Crippen LogP contribution in [0.15, 0.2) is 4.52 Å². The Hall–Kier alpha value is -1.10. The van der Waals surface area contributed by atoms with Crippen molar-refractivity contribution in [2.75, 3.05) is 25.0 Å². The van der Waals surface area contributed by atoms with Crippen molar-refractivity contribution in [3.05, 3.63) is 5.89 Å². The van der Waals surface area contributed by atoms with E-state index in [1.165, 1.54) is 6.42 Å². The largest absolute Gasteiger partial charge is 0.342 e. The molecule has 1 aliphatic heterocycles. The van der Waals surface area contributed by atoms with E-state index < -0.39 is 0 Å². The zero-order chi connectivity index (χ0) is 9.97. The van der Waals surface area contributed by atoms with E-state index in [2.05, 4.69) is 22.4 Å². The highest BCUT2D eigenvalue weighted by atomic mass is 16.5. The van der Waals surface area contributed by atoms with Gasteiger partial charge in [0, 0.05) is 13.6 Å². The number of nitrogens with one attached hydrogen (secondary N) is 1. The maximum atomic E-state index is 5.21. The number of anilines is 1. The zero-order valence-electron chi connectivity index (χ0n) is 8.66. The van der Waals surface area contributed by atoms with Gasteiger partial charge in [-0.15, -0.1) is 0 Å². The summed E-state index contributed by atoms with van der Waals surface area (Å²) in [4.78, 5) is 6.31. The van der Waals surface area contributed by atoms with Crippen LogP contribution in [0.25, 0.3) is 0 Å². The molecule has 0 radical (unpaired) electrons. The molecule has 2 rings (SSSR count). The molecule has 0 aliphatic carbocycles. The van der Waals surface area contributed by atoms with Crippen molar-refractivity contribution in [2.45, 2.75) is 25.8 Å². The van der Waals surface area contributed by atoms with Gasteiger partial charge in [-0.25, -0.2) is 0 Å². The third-order valence-electron chi connectivity index (χ3n) is 2.61. The van der Waals surface area contributed by atoms with Gasteiger partial charge in [0.05, 0.1) is 6.04 Å². The lowest BCUT2D eigenvalue weighted by Gasteiger charge is -2.09. The van der Waals surface area contributed by atoms with Gasteiger partial charge in [-0.2, -0.15) is 4.98 Å². The summed E-state index contributed by atoms with van der Waals surface area (Å²) in [5.41, 5.74) is 0. The topological polar surface area (TPSA) is 54.2 Å². The second-order valence-corrected chi connectivity index (χ2v) is 3.60. The SMILES string of the molecule is CCN(C)c1noc([C@@H]2CCCN2)n1. The van der Waals surface area contributed by atoms with Crippen LogP contribution in [0.2, 0.25) is 0 Å². The van der Waals surface area contributed by atoms with Crippen molar-refractivity contribution < 1.29 is 4.52 Å². The zero-order valence-corrected chi connectivity index (χ0v) is 8.66. The van der Waals surface area contributed by atoms with Crippen LogP contribution in [0.1, 0.15) is 31.7 Å². The molecule has 78 valence electrons. The first-order valence-corrected chi connectivity index (χ1v) is 5.09. The normalized spacial score (nSPS) is 21.4. The molecule has 1 aromatic rings. The predicted molar refractivity (Wildman–Crippen MR) is 53.2 cm³/mol. The average molecular weight is 196 g/mol. The van der Waals surface area contributed by atoms with Crippen molar-refractivity contribution in [3.63, 3.8) is 0 Å². The number of hydrogen-bond acceptors (Lipinski definition) is 5. The number of aromatic nitrogens is 2. The van der Waals surface area contributed by atoms with Gasteiger partial charge in [0.15, 0.2) is 0 Å². The smallest absolute Gasteiger partial charge is 0.265 e. The number of rotatable bonds is 3. The van der Waals surface area contributed by atoms with Gasteiger partial charge in [-0.05, 0) is 31.5 Å². The first-order valence-electron chi connectivity index (χ1n) is 5.09. The molecule has 1 aromatic heterocycles. The van der Waals surface area contributed by atoms with Crippen molar-refractivity contribution in [1.82, 2.24) is 15.5 Å². The summed E-state index contributed by atoms with van der Waals surface area (Å²) in [5, 5.41) is 7.26. The highest BCUT2D eigenvalue weighted by Gasteiger charge is 2.22. The molecule has 1 saturated heterocycles. The monoisotopic (exact) mass is 196 g/mol. The fraction of sp³-hybridized carbons (Fsp3) is 0.778. The van der Waals surface area contributed by atoms with E-state index in [4.69, 9.17) is 4.52 Å². The molecule has 0 bridgehead atoms. The summed E-state index contributed by atoms with van der Waals surface area (Å²) >= 11 is 0. The second-order valence-electron chi connectivity index (χ2n) is 3.60. The third kappa shape index (κ3) is 1.72. The molecule has 5 heteroatoms. The van der Waals surface area contributed by atoms with Gasteiger partial charge in [0.2, 0.25) is 5.89 Å². The molecular weight excluding hydrogens is 180 g/mol. The van der Waals surface area contributed by atoms with Crippen molar-refractivity contribution in [1.29, 1.82) is 0 Å². The van der Waals surface area contributed by atoms with E-state index in [-0.39, 0.29) is 6.04 Å². The standard InChI is InChI=1S/C9H16N4O/c1-3-13(2)9-11-8(14-12-9)7-5-4-6-10-7/h7,10H,3-6H2,1-2H3/t7-/m0/s1. The van der Waals surface area contributed by atoms with Crippen LogP contribution in [-0.4, -0.2) is 30.3 Å². The minimum absolute atomic E-state index is 0.265. The van der Waals surface area contributed by atoms with Gasteiger partial charge < -0.3 is 14.7 Å². The van der Waals surface area contributed by atoms with Crippen molar-refractivity contribution >= 4 is 5.95 Å². The molecule has 1 fully saturated rings. The van der Waals surface area contributed by atoms with Crippen LogP contribution < -0.4 is 10.2 Å². The molecule has 1 aliphatic rings. The lowest BCUT2D eigenvalue weighted by Crippen LogP contribution is -2.18. The fourth-order valence-electron chi connectivity index (χ4n) is 1.56. The van der Waals surface area contributed by atoms with Crippen LogP contribution in [0, 0.1) is 0 Å². The molecule has 5 nitrogen and oxygen atoms in total. The molecule has 0 amide bonds. The minimum atomic E-state index is 0.265. The first kappa shape index (κ1) is 9.45. The summed E-state index contributed by atoms with van der Waals surface area (Å²) in [6, 6.07) is 0.265. The molecule has 0 unspecified atom stereocenters. The molecule has 0 spiro atoms. The molecule has 0 aromatic carbocycles. The second kappa shape index (κ2) is 3.96. The Bertz CT molecular complexity index is 293. The van der Waals surface area contributed by atoms with E-state index >= 15 is 0 Å². The summed E-state index contributed by atoms with van der Waals surface area (Å²) in [7, 11) is 1.96. The van der Waals surface area contributed by atoms with Crippen LogP contribution >= 0.6 is 0 Å². The molecule has 0 saturated carbocycles. The lowest BCUT2D eigenvalue weighted by molar-refractivity contribution is 0.344. The highest BCUT2D eigenvalue weighted by Crippen LogP contribution is 2.22. The van der Waals surface area contributed by atoms with E-state index in [1.807, 2.05) is 11.9 Å². The van der Waals surface area contributed by atoms with E-state index in [0.29, 0.717) is 5.95 Å². The van der Waals surface area contributed by atoms with Gasteiger partial charge in [-0.1, -0.05) is 0 Å². The number of hydrogen-bond donors (Lipinski definition) is 1. The average Bonchev–Trinajstić information content (AvgIpc) is 2.86.